The summed E-state index contributed by atoms with van der Waals surface area (Å²) in [5.41, 5.74) is 2.47. The van der Waals surface area contributed by atoms with Crippen LogP contribution in [0.2, 0.25) is 0 Å². The van der Waals surface area contributed by atoms with Gasteiger partial charge in [0.05, 0.1) is 4.90 Å². The number of carbonyl (C=O) groups excluding carboxylic acids is 3. The summed E-state index contributed by atoms with van der Waals surface area (Å²) in [6, 6.07) is 2.64. The summed E-state index contributed by atoms with van der Waals surface area (Å²) in [6.45, 7) is 11.0. The summed E-state index contributed by atoms with van der Waals surface area (Å²) in [5.74, 6) is -0.584. The third-order valence-electron chi connectivity index (χ3n) is 6.02. The standard InChI is InChI=1S/C22H32N4O5S/c1-14-12-16(22(3,4)5)13-15(2)19(14)32(30,31)26-10-8-25(9-11-26)18(27)7-6-17-20(28)24-21(29)23-17/h12-13,17H,6-11H2,1-5H3,(H2,23,24,28,29). The minimum atomic E-state index is -3.68. The third kappa shape index (κ3) is 4.96. The number of benzene rings is 1. The molecule has 1 atom stereocenters. The Labute approximate surface area is 189 Å². The molecule has 1 unspecified atom stereocenters. The number of piperazine rings is 1. The number of nitrogens with one attached hydrogen (secondary N) is 2. The van der Waals surface area contributed by atoms with E-state index in [-0.39, 0.29) is 37.3 Å². The summed E-state index contributed by atoms with van der Waals surface area (Å²) in [4.78, 5) is 37.2. The summed E-state index contributed by atoms with van der Waals surface area (Å²) >= 11 is 0. The number of aryl methyl sites for hydroxylation is 2. The molecule has 9 nitrogen and oxygen atoms in total. The van der Waals surface area contributed by atoms with Crippen LogP contribution in [0.1, 0.15) is 50.3 Å². The van der Waals surface area contributed by atoms with Crippen molar-refractivity contribution in [3.8, 4) is 0 Å². The number of carbonyl (C=O) groups is 3. The van der Waals surface area contributed by atoms with E-state index < -0.39 is 28.0 Å². The van der Waals surface area contributed by atoms with E-state index in [1.165, 1.54) is 4.31 Å². The average Bonchev–Trinajstić information content (AvgIpc) is 3.01. The monoisotopic (exact) mass is 464 g/mol. The fraction of sp³-hybridized carbons (Fsp3) is 0.591. The lowest BCUT2D eigenvalue weighted by atomic mass is 9.85. The second-order valence-corrected chi connectivity index (χ2v) is 11.4. The van der Waals surface area contributed by atoms with Crippen LogP contribution >= 0.6 is 0 Å². The van der Waals surface area contributed by atoms with Crippen LogP contribution in [-0.2, 0) is 25.0 Å². The Balaban J connectivity index is 1.64. The molecule has 2 saturated heterocycles. The Morgan fingerprint density at radius 1 is 1.06 bits per heavy atom. The van der Waals surface area contributed by atoms with Crippen LogP contribution in [0, 0.1) is 13.8 Å². The number of amides is 4. The van der Waals surface area contributed by atoms with Gasteiger partial charge in [-0.25, -0.2) is 13.2 Å². The first-order chi connectivity index (χ1) is 14.8. The van der Waals surface area contributed by atoms with Gasteiger partial charge in [0.2, 0.25) is 15.9 Å². The van der Waals surface area contributed by atoms with Gasteiger partial charge in [0.25, 0.3) is 5.91 Å². The molecule has 2 aliphatic rings. The minimum absolute atomic E-state index is 0.0776. The summed E-state index contributed by atoms with van der Waals surface area (Å²) < 4.78 is 28.2. The van der Waals surface area contributed by atoms with E-state index in [1.807, 2.05) is 26.0 Å². The molecule has 0 bridgehead atoms. The highest BCUT2D eigenvalue weighted by Crippen LogP contribution is 2.31. The Hall–Kier alpha value is -2.46. The highest BCUT2D eigenvalue weighted by Gasteiger charge is 2.34. The Bertz CT molecular complexity index is 1010. The molecule has 2 N–H and O–H groups in total. The SMILES string of the molecule is Cc1cc(C(C)(C)C)cc(C)c1S(=O)(=O)N1CCN(C(=O)CCC2NC(=O)NC2=O)CC1. The maximum atomic E-state index is 13.4. The van der Waals surface area contributed by atoms with E-state index in [9.17, 15) is 22.8 Å². The quantitative estimate of drug-likeness (QED) is 0.640. The number of rotatable bonds is 5. The van der Waals surface area contributed by atoms with Crippen LogP contribution in [0.25, 0.3) is 0 Å². The average molecular weight is 465 g/mol. The lowest BCUT2D eigenvalue weighted by molar-refractivity contribution is -0.132. The molecule has 4 amide bonds. The molecule has 0 aromatic heterocycles. The topological polar surface area (TPSA) is 116 Å². The van der Waals surface area contributed by atoms with Gasteiger partial charge in [0, 0.05) is 32.6 Å². The Kier molecular flexibility index (Phi) is 6.67. The molecule has 176 valence electrons. The predicted molar refractivity (Wildman–Crippen MR) is 120 cm³/mol. The summed E-state index contributed by atoms with van der Waals surface area (Å²) in [7, 11) is -3.68. The molecule has 2 fully saturated rings. The zero-order chi connectivity index (χ0) is 23.8. The van der Waals surface area contributed by atoms with Crippen molar-refractivity contribution < 1.29 is 22.8 Å². The molecular weight excluding hydrogens is 432 g/mol. The van der Waals surface area contributed by atoms with Crippen LogP contribution in [0.15, 0.2) is 17.0 Å². The number of hydrogen-bond acceptors (Lipinski definition) is 5. The van der Waals surface area contributed by atoms with Gasteiger partial charge in [-0.2, -0.15) is 4.31 Å². The van der Waals surface area contributed by atoms with E-state index >= 15 is 0 Å². The van der Waals surface area contributed by atoms with Crippen molar-refractivity contribution >= 4 is 27.9 Å². The number of nitrogens with zero attached hydrogens (tertiary/aromatic N) is 2. The maximum absolute atomic E-state index is 13.4. The summed E-state index contributed by atoms with van der Waals surface area (Å²) in [5, 5.41) is 4.61. The molecule has 3 rings (SSSR count). The fourth-order valence-electron chi connectivity index (χ4n) is 4.19. The molecule has 0 aliphatic carbocycles. The van der Waals surface area contributed by atoms with E-state index in [0.29, 0.717) is 18.0 Å². The highest BCUT2D eigenvalue weighted by molar-refractivity contribution is 7.89. The van der Waals surface area contributed by atoms with Crippen molar-refractivity contribution in [2.24, 2.45) is 0 Å². The van der Waals surface area contributed by atoms with Gasteiger partial charge in [-0.1, -0.05) is 32.9 Å². The Morgan fingerprint density at radius 2 is 1.62 bits per heavy atom. The fourth-order valence-corrected chi connectivity index (χ4v) is 6.02. The lowest BCUT2D eigenvalue weighted by Gasteiger charge is -2.35. The number of imide groups is 1. The zero-order valence-electron chi connectivity index (χ0n) is 19.3. The molecular formula is C22H32N4O5S. The molecule has 1 aromatic carbocycles. The van der Waals surface area contributed by atoms with Gasteiger partial charge < -0.3 is 10.2 Å². The van der Waals surface area contributed by atoms with Gasteiger partial charge >= 0.3 is 6.03 Å². The van der Waals surface area contributed by atoms with Crippen molar-refractivity contribution in [1.82, 2.24) is 19.8 Å². The lowest BCUT2D eigenvalue weighted by Crippen LogP contribution is -2.50. The van der Waals surface area contributed by atoms with Crippen molar-refractivity contribution in [2.75, 3.05) is 26.2 Å². The van der Waals surface area contributed by atoms with Gasteiger partial charge in [0.1, 0.15) is 6.04 Å². The molecule has 1 aromatic rings. The van der Waals surface area contributed by atoms with Crippen molar-refractivity contribution in [3.63, 3.8) is 0 Å². The van der Waals surface area contributed by atoms with Crippen LogP contribution in [0.4, 0.5) is 4.79 Å². The van der Waals surface area contributed by atoms with Gasteiger partial charge in [0.15, 0.2) is 0 Å². The van der Waals surface area contributed by atoms with E-state index in [4.69, 9.17) is 0 Å². The second-order valence-electron chi connectivity index (χ2n) is 9.53. The zero-order valence-corrected chi connectivity index (χ0v) is 20.1. The number of hydrogen-bond donors (Lipinski definition) is 2. The third-order valence-corrected chi connectivity index (χ3v) is 8.23. The Morgan fingerprint density at radius 3 is 2.09 bits per heavy atom. The molecule has 0 saturated carbocycles. The molecule has 10 heteroatoms. The normalized spacial score (nSPS) is 20.3. The highest BCUT2D eigenvalue weighted by atomic mass is 32.2. The largest absolute Gasteiger partial charge is 0.340 e. The minimum Gasteiger partial charge on any atom is -0.340 e. The van der Waals surface area contributed by atoms with E-state index in [0.717, 1.165) is 16.7 Å². The van der Waals surface area contributed by atoms with E-state index in [2.05, 4.69) is 31.4 Å². The molecule has 2 heterocycles. The first-order valence-electron chi connectivity index (χ1n) is 10.8. The van der Waals surface area contributed by atoms with Crippen LogP contribution in [0.5, 0.6) is 0 Å². The van der Waals surface area contributed by atoms with Gasteiger partial charge in [-0.3, -0.25) is 14.9 Å². The van der Waals surface area contributed by atoms with Crippen LogP contribution in [0.3, 0.4) is 0 Å². The van der Waals surface area contributed by atoms with Gasteiger partial charge in [-0.05, 0) is 42.4 Å². The van der Waals surface area contributed by atoms with Crippen molar-refractivity contribution in [2.45, 2.75) is 63.8 Å². The molecule has 0 radical (unpaired) electrons. The molecule has 32 heavy (non-hydrogen) atoms. The smallest absolute Gasteiger partial charge is 0.322 e. The maximum Gasteiger partial charge on any atom is 0.322 e. The first-order valence-corrected chi connectivity index (χ1v) is 12.3. The first kappa shape index (κ1) is 24.2. The van der Waals surface area contributed by atoms with Crippen molar-refractivity contribution in [3.05, 3.63) is 28.8 Å². The molecule has 2 aliphatic heterocycles. The van der Waals surface area contributed by atoms with Crippen LogP contribution in [-0.4, -0.2) is 67.7 Å². The van der Waals surface area contributed by atoms with E-state index in [1.54, 1.807) is 4.90 Å². The predicted octanol–water partition coefficient (Wildman–Crippen LogP) is 1.42. The van der Waals surface area contributed by atoms with Crippen molar-refractivity contribution in [1.29, 1.82) is 0 Å². The second kappa shape index (κ2) is 8.82. The van der Waals surface area contributed by atoms with Gasteiger partial charge in [-0.15, -0.1) is 0 Å². The summed E-state index contributed by atoms with van der Waals surface area (Å²) in [6.07, 6.45) is 0.324. The number of sulfonamides is 1. The number of urea groups is 1. The van der Waals surface area contributed by atoms with Crippen LogP contribution < -0.4 is 10.6 Å². The molecule has 0 spiro atoms.